The van der Waals surface area contributed by atoms with E-state index < -0.39 is 23.7 Å². The number of halogens is 2. The van der Waals surface area contributed by atoms with Gasteiger partial charge in [0.25, 0.3) is 11.8 Å². The lowest BCUT2D eigenvalue weighted by Crippen LogP contribution is -2.54. The first-order valence-electron chi connectivity index (χ1n) is 11.6. The second-order valence-electron chi connectivity index (χ2n) is 8.47. The Bertz CT molecular complexity index is 1480. The van der Waals surface area contributed by atoms with E-state index in [1.165, 1.54) is 25.3 Å². The van der Waals surface area contributed by atoms with Gasteiger partial charge in [-0.25, -0.2) is 14.1 Å². The Morgan fingerprint density at radius 1 is 1.08 bits per heavy atom. The average Bonchev–Trinajstić information content (AvgIpc) is 2.88. The van der Waals surface area contributed by atoms with Crippen molar-refractivity contribution in [3.8, 4) is 11.5 Å². The molecule has 0 unspecified atom stereocenters. The van der Waals surface area contributed by atoms with Crippen molar-refractivity contribution in [2.24, 2.45) is 0 Å². The monoisotopic (exact) mass is 534 g/mol. The number of carbonyl (C=O) groups is 3. The van der Waals surface area contributed by atoms with Crippen LogP contribution in [0.25, 0.3) is 6.08 Å². The Labute approximate surface area is 224 Å². The van der Waals surface area contributed by atoms with Crippen LogP contribution in [0.3, 0.4) is 0 Å². The molecule has 0 bridgehead atoms. The Balaban J connectivity index is 1.73. The third-order valence-corrected chi connectivity index (χ3v) is 6.13. The SMILES string of the molecule is C=CCc1cc(/C=C2\C(=O)NC(=O)N(c3cc(Cl)ccc3C)C2=O)cc(OC)c1OCc1ccccc1F. The van der Waals surface area contributed by atoms with Crippen molar-refractivity contribution in [3.63, 3.8) is 0 Å². The van der Waals surface area contributed by atoms with Crippen LogP contribution in [0.2, 0.25) is 5.02 Å². The van der Waals surface area contributed by atoms with Crippen molar-refractivity contribution in [1.29, 1.82) is 0 Å². The van der Waals surface area contributed by atoms with Crippen LogP contribution < -0.4 is 19.7 Å². The molecule has 1 aliphatic heterocycles. The van der Waals surface area contributed by atoms with Crippen molar-refractivity contribution >= 4 is 41.2 Å². The quantitative estimate of drug-likeness (QED) is 0.225. The number of nitrogens with one attached hydrogen (secondary N) is 1. The number of rotatable bonds is 8. The van der Waals surface area contributed by atoms with Gasteiger partial charge in [0.1, 0.15) is 18.0 Å². The van der Waals surface area contributed by atoms with Crippen LogP contribution >= 0.6 is 11.6 Å². The van der Waals surface area contributed by atoms with E-state index in [9.17, 15) is 18.8 Å². The van der Waals surface area contributed by atoms with E-state index in [-0.39, 0.29) is 17.9 Å². The smallest absolute Gasteiger partial charge is 0.335 e. The molecule has 0 radical (unpaired) electrons. The summed E-state index contributed by atoms with van der Waals surface area (Å²) in [5, 5.41) is 2.54. The van der Waals surface area contributed by atoms with Gasteiger partial charge >= 0.3 is 6.03 Å². The molecule has 0 atom stereocenters. The molecular weight excluding hydrogens is 511 g/mol. The standard InChI is InChI=1S/C29H24ClFN2O5/c1-4-7-19-12-18(14-25(37-3)26(19)38-16-20-8-5-6-9-23(20)31)13-22-27(34)32-29(36)33(28(22)35)24-15-21(30)11-10-17(24)2/h4-6,8-15H,1,7,16H2,2-3H3,(H,32,34,36)/b22-13+. The van der Waals surface area contributed by atoms with E-state index in [2.05, 4.69) is 11.9 Å². The zero-order chi connectivity index (χ0) is 27.4. The zero-order valence-corrected chi connectivity index (χ0v) is 21.5. The maximum absolute atomic E-state index is 14.1. The molecule has 7 nitrogen and oxygen atoms in total. The highest BCUT2D eigenvalue weighted by atomic mass is 35.5. The number of nitrogens with zero attached hydrogens (tertiary/aromatic N) is 1. The maximum atomic E-state index is 14.1. The molecule has 0 aromatic heterocycles. The van der Waals surface area contributed by atoms with E-state index in [1.54, 1.807) is 55.5 Å². The van der Waals surface area contributed by atoms with Crippen molar-refractivity contribution in [2.45, 2.75) is 20.0 Å². The van der Waals surface area contributed by atoms with Crippen molar-refractivity contribution < 1.29 is 28.2 Å². The molecule has 38 heavy (non-hydrogen) atoms. The first kappa shape index (κ1) is 26.6. The van der Waals surface area contributed by atoms with Crippen LogP contribution in [-0.4, -0.2) is 25.0 Å². The number of ether oxygens (including phenoxy) is 2. The highest BCUT2D eigenvalue weighted by molar-refractivity contribution is 6.39. The van der Waals surface area contributed by atoms with Gasteiger partial charge < -0.3 is 9.47 Å². The van der Waals surface area contributed by atoms with Crippen molar-refractivity contribution in [3.05, 3.63) is 106 Å². The van der Waals surface area contributed by atoms with Gasteiger partial charge in [0.05, 0.1) is 12.8 Å². The fourth-order valence-corrected chi connectivity index (χ4v) is 4.19. The number of hydrogen-bond acceptors (Lipinski definition) is 5. The van der Waals surface area contributed by atoms with Crippen LogP contribution in [0.15, 0.2) is 72.8 Å². The Morgan fingerprint density at radius 3 is 2.55 bits per heavy atom. The van der Waals surface area contributed by atoms with Gasteiger partial charge in [-0.3, -0.25) is 14.9 Å². The number of anilines is 1. The number of allylic oxidation sites excluding steroid dienone is 1. The molecule has 4 amide bonds. The molecule has 1 heterocycles. The lowest BCUT2D eigenvalue weighted by atomic mass is 10.0. The third-order valence-electron chi connectivity index (χ3n) is 5.89. The number of hydrogen-bond donors (Lipinski definition) is 1. The molecule has 0 spiro atoms. The van der Waals surface area contributed by atoms with Gasteiger partial charge in [-0.05, 0) is 60.9 Å². The average molecular weight is 535 g/mol. The molecule has 3 aromatic rings. The molecule has 1 N–H and O–H groups in total. The largest absolute Gasteiger partial charge is 0.493 e. The number of aryl methyl sites for hydroxylation is 1. The number of amides is 4. The number of carbonyl (C=O) groups excluding carboxylic acids is 3. The number of benzene rings is 3. The van der Waals surface area contributed by atoms with E-state index in [1.807, 2.05) is 0 Å². The van der Waals surface area contributed by atoms with Crippen LogP contribution in [0.4, 0.5) is 14.9 Å². The summed E-state index contributed by atoms with van der Waals surface area (Å²) in [6, 6.07) is 13.5. The predicted molar refractivity (Wildman–Crippen MR) is 143 cm³/mol. The maximum Gasteiger partial charge on any atom is 0.335 e. The predicted octanol–water partition coefficient (Wildman–Crippen LogP) is 5.77. The van der Waals surface area contributed by atoms with Gasteiger partial charge in [0, 0.05) is 16.1 Å². The minimum absolute atomic E-state index is 0.0371. The summed E-state index contributed by atoms with van der Waals surface area (Å²) in [5.41, 5.74) is 2.10. The fraction of sp³-hybridized carbons (Fsp3) is 0.138. The Morgan fingerprint density at radius 2 is 1.84 bits per heavy atom. The van der Waals surface area contributed by atoms with Gasteiger partial charge in [-0.2, -0.15) is 0 Å². The van der Waals surface area contributed by atoms with Crippen molar-refractivity contribution in [1.82, 2.24) is 5.32 Å². The van der Waals surface area contributed by atoms with Crippen LogP contribution in [0.5, 0.6) is 11.5 Å². The van der Waals surface area contributed by atoms with Gasteiger partial charge in [0.15, 0.2) is 11.5 Å². The highest BCUT2D eigenvalue weighted by Gasteiger charge is 2.37. The summed E-state index contributed by atoms with van der Waals surface area (Å²) in [4.78, 5) is 39.5. The molecule has 9 heteroatoms. The molecular formula is C29H24ClFN2O5. The van der Waals surface area contributed by atoms with Crippen molar-refractivity contribution in [2.75, 3.05) is 12.0 Å². The summed E-state index contributed by atoms with van der Waals surface area (Å²) < 4.78 is 25.6. The highest BCUT2D eigenvalue weighted by Crippen LogP contribution is 2.36. The fourth-order valence-electron chi connectivity index (χ4n) is 4.02. The van der Waals surface area contributed by atoms with E-state index in [4.69, 9.17) is 21.1 Å². The summed E-state index contributed by atoms with van der Waals surface area (Å²) in [7, 11) is 1.45. The third kappa shape index (κ3) is 5.45. The number of urea groups is 1. The Kier molecular flexibility index (Phi) is 7.93. The number of barbiturate groups is 1. The number of methoxy groups -OCH3 is 1. The first-order chi connectivity index (χ1) is 18.2. The summed E-state index contributed by atoms with van der Waals surface area (Å²) in [6.45, 7) is 5.46. The normalized spacial score (nSPS) is 14.5. The lowest BCUT2D eigenvalue weighted by Gasteiger charge is -2.27. The summed E-state index contributed by atoms with van der Waals surface area (Å²) in [5.74, 6) is -1.33. The molecule has 1 fully saturated rings. The second-order valence-corrected chi connectivity index (χ2v) is 8.91. The molecule has 4 rings (SSSR count). The Hall–Kier alpha value is -4.43. The summed E-state index contributed by atoms with van der Waals surface area (Å²) >= 11 is 6.09. The first-order valence-corrected chi connectivity index (χ1v) is 12.0. The zero-order valence-electron chi connectivity index (χ0n) is 20.7. The molecule has 1 saturated heterocycles. The molecule has 3 aromatic carbocycles. The van der Waals surface area contributed by atoms with Gasteiger partial charge in [0.2, 0.25) is 0 Å². The van der Waals surface area contributed by atoms with Crippen LogP contribution in [-0.2, 0) is 22.6 Å². The van der Waals surface area contributed by atoms with Crippen LogP contribution in [0, 0.1) is 12.7 Å². The number of imide groups is 2. The second kappa shape index (κ2) is 11.3. The minimum Gasteiger partial charge on any atom is -0.493 e. The van der Waals surface area contributed by atoms with E-state index in [0.29, 0.717) is 45.2 Å². The van der Waals surface area contributed by atoms with E-state index in [0.717, 1.165) is 4.90 Å². The molecule has 1 aliphatic rings. The summed E-state index contributed by atoms with van der Waals surface area (Å²) in [6.07, 6.45) is 3.39. The van der Waals surface area contributed by atoms with Gasteiger partial charge in [-0.1, -0.05) is 41.9 Å². The lowest BCUT2D eigenvalue weighted by molar-refractivity contribution is -0.122. The molecule has 0 saturated carbocycles. The van der Waals surface area contributed by atoms with Gasteiger partial charge in [-0.15, -0.1) is 6.58 Å². The van der Waals surface area contributed by atoms with E-state index >= 15 is 0 Å². The minimum atomic E-state index is -0.871. The molecule has 0 aliphatic carbocycles. The van der Waals surface area contributed by atoms with Crippen LogP contribution in [0.1, 0.15) is 22.3 Å². The topological polar surface area (TPSA) is 84.9 Å². The molecule has 194 valence electrons.